The maximum absolute atomic E-state index is 15.3. The number of alkyl halides is 2. The van der Waals surface area contributed by atoms with Gasteiger partial charge in [0.15, 0.2) is 0 Å². The standard InChI is InChI=1S/C33H43BrF2N8O7/c1-19-15-42(16-20(2)51-19)32(47)25-10-22(34)11-26(44(48)49)29(25)39-24-12-27(43(17-24)31(46)21-9-23(37-3)14-38-13-21)30(45)40-28-5-6-41(7-8-50-4)18-33(28,35)36/h9-11,13-14,19-20,24,27-28,37,39H,5-8,12,15-18H2,1-4H3,(H,40,45)/t19-,20+,24-,27+,28?/m1/s1. The number of nitrogens with zero attached hydrogens (tertiary/aromatic N) is 5. The van der Waals surface area contributed by atoms with Gasteiger partial charge >= 0.3 is 0 Å². The number of carbonyl (C=O) groups excluding carboxylic acids is 3. The predicted molar refractivity (Wildman–Crippen MR) is 187 cm³/mol. The molecule has 3 aliphatic rings. The number of morpholine rings is 1. The summed E-state index contributed by atoms with van der Waals surface area (Å²) in [6.45, 7) is 4.44. The summed E-state index contributed by atoms with van der Waals surface area (Å²) in [5.41, 5.74) is 0.244. The molecule has 0 saturated carbocycles. The van der Waals surface area contributed by atoms with Crippen LogP contribution in [0.3, 0.4) is 0 Å². The average molecular weight is 782 g/mol. The first-order valence-electron chi connectivity index (χ1n) is 16.7. The predicted octanol–water partition coefficient (Wildman–Crippen LogP) is 3.21. The van der Waals surface area contributed by atoms with Crippen molar-refractivity contribution in [2.75, 3.05) is 70.7 Å². The molecule has 1 unspecified atom stereocenters. The van der Waals surface area contributed by atoms with Crippen LogP contribution in [-0.4, -0.2) is 139 Å². The SMILES string of the molecule is CNc1cncc(C(=O)N2C[C@H](Nc3c(C(=O)N4C[C@@H](C)O[C@@H](C)C4)cc(Br)cc3[N+](=O)[O-])C[C@H]2C(=O)NC2CCN(CCOC)CC2(F)F)c1. The summed E-state index contributed by atoms with van der Waals surface area (Å²) < 4.78 is 41.7. The number of halogens is 3. The van der Waals surface area contributed by atoms with Gasteiger partial charge < -0.3 is 35.2 Å². The van der Waals surface area contributed by atoms with Gasteiger partial charge in [0.25, 0.3) is 23.4 Å². The number of likely N-dealkylation sites (tertiary alicyclic amines) is 2. The van der Waals surface area contributed by atoms with E-state index >= 15 is 8.78 Å². The lowest BCUT2D eigenvalue weighted by Crippen LogP contribution is -2.60. The van der Waals surface area contributed by atoms with Crippen molar-refractivity contribution in [1.29, 1.82) is 0 Å². The summed E-state index contributed by atoms with van der Waals surface area (Å²) >= 11 is 3.30. The van der Waals surface area contributed by atoms with Crippen molar-refractivity contribution >= 4 is 50.7 Å². The molecule has 15 nitrogen and oxygen atoms in total. The molecule has 3 saturated heterocycles. The zero-order valence-electron chi connectivity index (χ0n) is 28.9. The van der Waals surface area contributed by atoms with E-state index in [2.05, 4.69) is 36.9 Å². The number of hydrogen-bond donors (Lipinski definition) is 3. The number of carbonyl (C=O) groups is 3. The van der Waals surface area contributed by atoms with Crippen LogP contribution in [0.2, 0.25) is 0 Å². The Morgan fingerprint density at radius 3 is 2.51 bits per heavy atom. The number of rotatable bonds is 11. The van der Waals surface area contributed by atoms with Gasteiger partial charge in [-0.2, -0.15) is 0 Å². The van der Waals surface area contributed by atoms with Crippen molar-refractivity contribution < 1.29 is 37.6 Å². The summed E-state index contributed by atoms with van der Waals surface area (Å²) in [5, 5.41) is 20.9. The van der Waals surface area contributed by atoms with Crippen molar-refractivity contribution in [3.05, 3.63) is 56.3 Å². The molecular weight excluding hydrogens is 738 g/mol. The second-order valence-corrected chi connectivity index (χ2v) is 14.1. The van der Waals surface area contributed by atoms with E-state index in [0.717, 1.165) is 0 Å². The van der Waals surface area contributed by atoms with Crippen LogP contribution in [0, 0.1) is 10.1 Å². The highest BCUT2D eigenvalue weighted by Crippen LogP contribution is 2.36. The zero-order chi connectivity index (χ0) is 37.0. The largest absolute Gasteiger partial charge is 0.387 e. The Morgan fingerprint density at radius 2 is 1.86 bits per heavy atom. The first-order valence-corrected chi connectivity index (χ1v) is 17.5. The van der Waals surface area contributed by atoms with E-state index in [-0.39, 0.29) is 61.5 Å². The quantitative estimate of drug-likeness (QED) is 0.226. The second kappa shape index (κ2) is 16.1. The van der Waals surface area contributed by atoms with Crippen molar-refractivity contribution in [2.24, 2.45) is 0 Å². The smallest absolute Gasteiger partial charge is 0.294 e. The Morgan fingerprint density at radius 1 is 1.14 bits per heavy atom. The number of piperidine rings is 1. The number of anilines is 2. The molecule has 3 N–H and O–H groups in total. The van der Waals surface area contributed by atoms with Gasteiger partial charge in [-0.05, 0) is 38.8 Å². The lowest BCUT2D eigenvalue weighted by molar-refractivity contribution is -0.384. The molecule has 2 aromatic rings. The topological polar surface area (TPSA) is 172 Å². The molecule has 1 aromatic heterocycles. The van der Waals surface area contributed by atoms with E-state index in [9.17, 15) is 24.5 Å². The first-order chi connectivity index (χ1) is 24.2. The molecule has 5 atom stereocenters. The second-order valence-electron chi connectivity index (χ2n) is 13.2. The summed E-state index contributed by atoms with van der Waals surface area (Å²) in [4.78, 5) is 62.0. The first kappa shape index (κ1) is 38.2. The molecular formula is C33H43BrF2N8O7. The van der Waals surface area contributed by atoms with Crippen molar-refractivity contribution in [2.45, 2.75) is 62.9 Å². The van der Waals surface area contributed by atoms with Gasteiger partial charge in [0.05, 0.1) is 53.1 Å². The third kappa shape index (κ3) is 8.91. The highest BCUT2D eigenvalue weighted by molar-refractivity contribution is 9.10. The Hall–Kier alpha value is -4.00. The van der Waals surface area contributed by atoms with E-state index in [1.165, 1.54) is 36.5 Å². The highest BCUT2D eigenvalue weighted by atomic mass is 79.9. The van der Waals surface area contributed by atoms with E-state index in [1.54, 1.807) is 22.9 Å². The number of ether oxygens (including phenoxy) is 2. The van der Waals surface area contributed by atoms with Crippen LogP contribution < -0.4 is 16.0 Å². The fourth-order valence-corrected chi connectivity index (χ4v) is 7.36. The molecule has 18 heteroatoms. The summed E-state index contributed by atoms with van der Waals surface area (Å²) in [7, 11) is 3.14. The number of benzene rings is 1. The summed E-state index contributed by atoms with van der Waals surface area (Å²) in [6, 6.07) is 0.829. The maximum Gasteiger partial charge on any atom is 0.294 e. The fourth-order valence-electron chi connectivity index (χ4n) is 6.92. The van der Waals surface area contributed by atoms with Crippen molar-refractivity contribution in [3.63, 3.8) is 0 Å². The van der Waals surface area contributed by atoms with Crippen molar-refractivity contribution in [3.8, 4) is 0 Å². The summed E-state index contributed by atoms with van der Waals surface area (Å²) in [6.07, 6.45) is 2.23. The number of nitro groups is 1. The molecule has 0 radical (unpaired) electrons. The van der Waals surface area contributed by atoms with E-state index < -0.39 is 58.9 Å². The highest BCUT2D eigenvalue weighted by Gasteiger charge is 2.48. The molecule has 0 aliphatic carbocycles. The van der Waals surface area contributed by atoms with Gasteiger partial charge in [0, 0.05) is 75.9 Å². The van der Waals surface area contributed by atoms with Crippen molar-refractivity contribution in [1.82, 2.24) is 25.0 Å². The number of methoxy groups -OCH3 is 1. The number of nitrogens with one attached hydrogen (secondary N) is 3. The molecule has 3 fully saturated rings. The lowest BCUT2D eigenvalue weighted by atomic mass is 9.99. The fraction of sp³-hybridized carbons (Fsp3) is 0.576. The number of hydrogen-bond acceptors (Lipinski definition) is 11. The Kier molecular flexibility index (Phi) is 12.1. The van der Waals surface area contributed by atoms with E-state index in [0.29, 0.717) is 29.9 Å². The number of nitro benzene ring substituents is 1. The van der Waals surface area contributed by atoms with Crippen LogP contribution >= 0.6 is 15.9 Å². The van der Waals surface area contributed by atoms with Gasteiger partial charge in [-0.15, -0.1) is 0 Å². The normalized spacial score (nSPS) is 25.0. The van der Waals surface area contributed by atoms with Crippen LogP contribution in [0.1, 0.15) is 47.4 Å². The van der Waals surface area contributed by atoms with Gasteiger partial charge in [-0.25, -0.2) is 8.78 Å². The van der Waals surface area contributed by atoms with Crippen LogP contribution in [0.5, 0.6) is 0 Å². The third-order valence-electron chi connectivity index (χ3n) is 9.31. The van der Waals surface area contributed by atoms with Gasteiger partial charge in [0.1, 0.15) is 11.7 Å². The third-order valence-corrected chi connectivity index (χ3v) is 9.77. The van der Waals surface area contributed by atoms with Crippen LogP contribution in [0.15, 0.2) is 35.1 Å². The summed E-state index contributed by atoms with van der Waals surface area (Å²) in [5.74, 6) is -5.07. The Bertz CT molecular complexity index is 1630. The molecule has 0 spiro atoms. The minimum absolute atomic E-state index is 0.0196. The maximum atomic E-state index is 15.3. The molecule has 4 heterocycles. The molecule has 5 rings (SSSR count). The Labute approximate surface area is 302 Å². The minimum Gasteiger partial charge on any atom is -0.387 e. The molecule has 51 heavy (non-hydrogen) atoms. The monoisotopic (exact) mass is 780 g/mol. The van der Waals surface area contributed by atoms with Gasteiger partial charge in [-0.1, -0.05) is 15.9 Å². The average Bonchev–Trinajstić information content (AvgIpc) is 3.51. The molecule has 3 aliphatic heterocycles. The number of pyridine rings is 1. The number of aromatic nitrogens is 1. The van der Waals surface area contributed by atoms with Crippen LogP contribution in [-0.2, 0) is 14.3 Å². The molecule has 278 valence electrons. The van der Waals surface area contributed by atoms with Crippen LogP contribution in [0.25, 0.3) is 0 Å². The van der Waals surface area contributed by atoms with Crippen LogP contribution in [0.4, 0.5) is 25.8 Å². The van der Waals surface area contributed by atoms with Gasteiger partial charge in [-0.3, -0.25) is 34.4 Å². The Balaban J connectivity index is 1.44. The van der Waals surface area contributed by atoms with Gasteiger partial charge in [0.2, 0.25) is 5.91 Å². The molecule has 0 bridgehead atoms. The lowest BCUT2D eigenvalue weighted by Gasteiger charge is -2.39. The van der Waals surface area contributed by atoms with E-state index in [4.69, 9.17) is 9.47 Å². The molecule has 1 aromatic carbocycles. The molecule has 3 amide bonds. The minimum atomic E-state index is -3.25. The number of amides is 3. The zero-order valence-corrected chi connectivity index (χ0v) is 30.5. The van der Waals surface area contributed by atoms with E-state index in [1.807, 2.05) is 13.8 Å².